The van der Waals surface area contributed by atoms with Crippen LogP contribution in [-0.4, -0.2) is 23.7 Å². The van der Waals surface area contributed by atoms with Crippen LogP contribution < -0.4 is 5.73 Å². The molecule has 2 unspecified atom stereocenters. The van der Waals surface area contributed by atoms with E-state index in [0.29, 0.717) is 0 Å². The smallest absolute Gasteiger partial charge is 0.0842 e. The molecule has 0 amide bonds. The van der Waals surface area contributed by atoms with E-state index in [4.69, 9.17) is 10.5 Å². The highest BCUT2D eigenvalue weighted by Gasteiger charge is 2.23. The lowest BCUT2D eigenvalue weighted by atomic mass is 9.94. The third-order valence-electron chi connectivity index (χ3n) is 4.71. The van der Waals surface area contributed by atoms with Crippen molar-refractivity contribution in [2.45, 2.75) is 62.3 Å². The quantitative estimate of drug-likeness (QED) is 0.890. The van der Waals surface area contributed by atoms with Crippen LogP contribution in [0.25, 0.3) is 0 Å². The Balaban J connectivity index is 1.49. The van der Waals surface area contributed by atoms with Crippen LogP contribution in [0.4, 0.5) is 0 Å². The summed E-state index contributed by atoms with van der Waals surface area (Å²) in [7, 11) is 0. The van der Waals surface area contributed by atoms with Crippen molar-refractivity contribution in [3.63, 3.8) is 0 Å². The molecule has 2 atom stereocenters. The summed E-state index contributed by atoms with van der Waals surface area (Å²) in [5, 5.41) is 0.851. The zero-order valence-electron chi connectivity index (χ0n) is 12.8. The Morgan fingerprint density at radius 2 is 2.00 bits per heavy atom. The largest absolute Gasteiger partial charge is 0.373 e. The Kier molecular flexibility index (Phi) is 5.61. The van der Waals surface area contributed by atoms with Gasteiger partial charge in [-0.25, -0.2) is 0 Å². The predicted molar refractivity (Wildman–Crippen MR) is 90.8 cm³/mol. The van der Waals surface area contributed by atoms with Crippen molar-refractivity contribution < 1.29 is 4.74 Å². The van der Waals surface area contributed by atoms with Gasteiger partial charge in [-0.3, -0.25) is 0 Å². The molecule has 116 valence electrons. The van der Waals surface area contributed by atoms with Gasteiger partial charge in [-0.05, 0) is 36.8 Å². The van der Waals surface area contributed by atoms with Gasteiger partial charge in [0, 0.05) is 17.0 Å². The van der Waals surface area contributed by atoms with E-state index in [9.17, 15) is 0 Å². The number of ether oxygens (including phenoxy) is 1. The van der Waals surface area contributed by atoms with Gasteiger partial charge in [-0.2, -0.15) is 11.8 Å². The highest BCUT2D eigenvalue weighted by Crippen LogP contribution is 2.32. The van der Waals surface area contributed by atoms with E-state index >= 15 is 0 Å². The number of hydrogen-bond donors (Lipinski definition) is 1. The molecule has 3 rings (SSSR count). The Hall–Kier alpha value is -0.510. The van der Waals surface area contributed by atoms with Crippen LogP contribution in [0.3, 0.4) is 0 Å². The maximum atomic E-state index is 6.38. The molecule has 21 heavy (non-hydrogen) atoms. The van der Waals surface area contributed by atoms with Crippen molar-refractivity contribution in [1.29, 1.82) is 0 Å². The summed E-state index contributed by atoms with van der Waals surface area (Å²) in [6, 6.07) is 8.92. The summed E-state index contributed by atoms with van der Waals surface area (Å²) in [5.74, 6) is 1.08. The highest BCUT2D eigenvalue weighted by molar-refractivity contribution is 7.99. The zero-order chi connectivity index (χ0) is 14.5. The number of fused-ring (bicyclic) bond motifs is 1. The molecule has 0 saturated heterocycles. The van der Waals surface area contributed by atoms with E-state index in [0.717, 1.165) is 30.5 Å². The summed E-state index contributed by atoms with van der Waals surface area (Å²) >= 11 is 2.09. The standard InChI is InChI=1S/C18H27NOS/c19-15(13-21-16-7-2-1-3-8-16)12-18-17-9-5-4-6-14(17)10-11-20-18/h4-6,9,15-16,18H,1-3,7-8,10-13,19H2. The van der Waals surface area contributed by atoms with Gasteiger partial charge in [0.25, 0.3) is 0 Å². The first-order valence-electron chi connectivity index (χ1n) is 8.39. The van der Waals surface area contributed by atoms with Gasteiger partial charge in [0.1, 0.15) is 0 Å². The van der Waals surface area contributed by atoms with E-state index in [2.05, 4.69) is 36.0 Å². The van der Waals surface area contributed by atoms with Gasteiger partial charge in [-0.15, -0.1) is 0 Å². The maximum Gasteiger partial charge on any atom is 0.0842 e. The van der Waals surface area contributed by atoms with Gasteiger partial charge < -0.3 is 10.5 Å². The van der Waals surface area contributed by atoms with Gasteiger partial charge in [0.05, 0.1) is 12.7 Å². The SMILES string of the molecule is NC(CSC1CCCCC1)CC1OCCc2ccccc21. The molecule has 0 bridgehead atoms. The highest BCUT2D eigenvalue weighted by atomic mass is 32.2. The van der Waals surface area contributed by atoms with E-state index in [-0.39, 0.29) is 12.1 Å². The van der Waals surface area contributed by atoms with Crippen molar-refractivity contribution >= 4 is 11.8 Å². The van der Waals surface area contributed by atoms with Crippen LogP contribution in [0, 0.1) is 0 Å². The first-order valence-corrected chi connectivity index (χ1v) is 9.44. The molecule has 2 aliphatic rings. The fraction of sp³-hybridized carbons (Fsp3) is 0.667. The van der Waals surface area contributed by atoms with E-state index in [1.165, 1.54) is 43.2 Å². The van der Waals surface area contributed by atoms with Crippen LogP contribution in [-0.2, 0) is 11.2 Å². The minimum absolute atomic E-state index is 0.205. The number of rotatable bonds is 5. The van der Waals surface area contributed by atoms with Crippen LogP contribution in [0.5, 0.6) is 0 Å². The van der Waals surface area contributed by atoms with E-state index in [1.54, 1.807) is 0 Å². The number of nitrogens with two attached hydrogens (primary N) is 1. The molecule has 0 radical (unpaired) electrons. The molecular weight excluding hydrogens is 278 g/mol. The molecule has 2 nitrogen and oxygen atoms in total. The zero-order valence-corrected chi connectivity index (χ0v) is 13.6. The minimum Gasteiger partial charge on any atom is -0.373 e. The first-order chi connectivity index (χ1) is 10.3. The minimum atomic E-state index is 0.205. The normalized spacial score (nSPS) is 24.5. The Bertz CT molecular complexity index is 445. The molecular formula is C18H27NOS. The van der Waals surface area contributed by atoms with Crippen LogP contribution in [0.2, 0.25) is 0 Å². The lowest BCUT2D eigenvalue weighted by Gasteiger charge is -2.29. The maximum absolute atomic E-state index is 6.38. The average molecular weight is 305 g/mol. The van der Waals surface area contributed by atoms with Crippen LogP contribution in [0.15, 0.2) is 24.3 Å². The molecule has 1 saturated carbocycles. The fourth-order valence-electron chi connectivity index (χ4n) is 3.51. The second kappa shape index (κ2) is 7.66. The van der Waals surface area contributed by atoms with Crippen molar-refractivity contribution in [3.8, 4) is 0 Å². The van der Waals surface area contributed by atoms with Crippen molar-refractivity contribution in [2.24, 2.45) is 5.73 Å². The fourth-order valence-corrected chi connectivity index (χ4v) is 4.83. The van der Waals surface area contributed by atoms with Gasteiger partial charge in [0.15, 0.2) is 0 Å². The molecule has 1 aliphatic carbocycles. The first kappa shape index (κ1) is 15.4. The molecule has 3 heteroatoms. The Labute approximate surface area is 132 Å². The summed E-state index contributed by atoms with van der Waals surface area (Å²) in [5.41, 5.74) is 9.19. The lowest BCUT2D eigenvalue weighted by Crippen LogP contribution is -2.29. The van der Waals surface area contributed by atoms with E-state index < -0.39 is 0 Å². The van der Waals surface area contributed by atoms with Crippen molar-refractivity contribution in [1.82, 2.24) is 0 Å². The molecule has 0 spiro atoms. The molecule has 0 aromatic heterocycles. The summed E-state index contributed by atoms with van der Waals surface area (Å²) < 4.78 is 5.98. The average Bonchev–Trinajstić information content (AvgIpc) is 2.54. The monoisotopic (exact) mass is 305 g/mol. The lowest BCUT2D eigenvalue weighted by molar-refractivity contribution is 0.0334. The van der Waals surface area contributed by atoms with Crippen LogP contribution >= 0.6 is 11.8 Å². The summed E-state index contributed by atoms with van der Waals surface area (Å²) in [4.78, 5) is 0. The third kappa shape index (κ3) is 4.24. The molecule has 1 fully saturated rings. The van der Waals surface area contributed by atoms with Gasteiger partial charge in [-0.1, -0.05) is 43.5 Å². The second-order valence-corrected chi connectivity index (χ2v) is 7.73. The third-order valence-corrected chi connectivity index (χ3v) is 6.27. The molecule has 2 N–H and O–H groups in total. The number of thioether (sulfide) groups is 1. The van der Waals surface area contributed by atoms with E-state index in [1.807, 2.05) is 0 Å². The van der Waals surface area contributed by atoms with Gasteiger partial charge in [0.2, 0.25) is 0 Å². The van der Waals surface area contributed by atoms with Crippen molar-refractivity contribution in [3.05, 3.63) is 35.4 Å². The topological polar surface area (TPSA) is 35.2 Å². The Morgan fingerprint density at radius 1 is 1.19 bits per heavy atom. The van der Waals surface area contributed by atoms with Crippen molar-refractivity contribution in [2.75, 3.05) is 12.4 Å². The summed E-state index contributed by atoms with van der Waals surface area (Å²) in [6.45, 7) is 0.837. The molecule has 1 heterocycles. The second-order valence-electron chi connectivity index (χ2n) is 6.40. The van der Waals surface area contributed by atoms with Crippen LogP contribution in [0.1, 0.15) is 55.8 Å². The predicted octanol–water partition coefficient (Wildman–Crippen LogP) is 4.08. The number of benzene rings is 1. The molecule has 1 aromatic carbocycles. The summed E-state index contributed by atoms with van der Waals surface area (Å²) in [6.07, 6.45) is 9.22. The molecule has 1 aromatic rings. The Morgan fingerprint density at radius 3 is 2.86 bits per heavy atom. The van der Waals surface area contributed by atoms with Gasteiger partial charge >= 0.3 is 0 Å². The number of hydrogen-bond acceptors (Lipinski definition) is 3. The molecule has 1 aliphatic heterocycles.